The third-order valence-electron chi connectivity index (χ3n) is 5.32. The summed E-state index contributed by atoms with van der Waals surface area (Å²) in [6.45, 7) is 8.60. The highest BCUT2D eigenvalue weighted by atomic mass is 15.2. The Labute approximate surface area is 114 Å². The molecule has 1 N–H and O–H groups in total. The molecular weight excluding hydrogens is 220 g/mol. The first-order valence-electron chi connectivity index (χ1n) is 8.10. The molecule has 1 aliphatic carbocycles. The largest absolute Gasteiger partial charge is 0.315 e. The van der Waals surface area contributed by atoms with Crippen LogP contribution in [-0.2, 0) is 0 Å². The maximum atomic E-state index is 3.62. The van der Waals surface area contributed by atoms with E-state index in [9.17, 15) is 0 Å². The summed E-state index contributed by atoms with van der Waals surface area (Å²) in [7, 11) is 2.16. The molecule has 0 aromatic carbocycles. The summed E-state index contributed by atoms with van der Waals surface area (Å²) in [5, 5.41) is 3.62. The van der Waals surface area contributed by atoms with E-state index < -0.39 is 0 Å². The average molecular weight is 252 g/mol. The van der Waals surface area contributed by atoms with Crippen molar-refractivity contribution in [3.63, 3.8) is 0 Å². The molecule has 2 fully saturated rings. The van der Waals surface area contributed by atoms with Crippen LogP contribution >= 0.6 is 0 Å². The monoisotopic (exact) mass is 252 g/mol. The summed E-state index contributed by atoms with van der Waals surface area (Å²) in [4.78, 5) is 2.86. The minimum absolute atomic E-state index is 0.705. The maximum absolute atomic E-state index is 3.62. The van der Waals surface area contributed by atoms with Gasteiger partial charge in [0.25, 0.3) is 0 Å². The van der Waals surface area contributed by atoms with E-state index in [2.05, 4.69) is 38.0 Å². The van der Waals surface area contributed by atoms with Crippen LogP contribution in [-0.4, -0.2) is 36.6 Å². The standard InChI is InChI=1S/C16H32N2/c1-5-14-8-6-7-9-18(14)16-13(3)10-12(2)11-15(16)17-4/h12-17H,5-11H2,1-4H3. The second-order valence-corrected chi connectivity index (χ2v) is 6.74. The SMILES string of the molecule is CCC1CCCCN1C1C(C)CC(C)CC1NC. The molecule has 2 rings (SSSR count). The van der Waals surface area contributed by atoms with Crippen LogP contribution in [0.5, 0.6) is 0 Å². The van der Waals surface area contributed by atoms with Crippen LogP contribution in [0.2, 0.25) is 0 Å². The van der Waals surface area contributed by atoms with E-state index in [-0.39, 0.29) is 0 Å². The summed E-state index contributed by atoms with van der Waals surface area (Å²) in [5.41, 5.74) is 0. The molecule has 1 saturated heterocycles. The topological polar surface area (TPSA) is 15.3 Å². The van der Waals surface area contributed by atoms with Crippen molar-refractivity contribution in [1.29, 1.82) is 0 Å². The lowest BCUT2D eigenvalue weighted by atomic mass is 9.74. The van der Waals surface area contributed by atoms with Gasteiger partial charge in [0.2, 0.25) is 0 Å². The molecule has 2 nitrogen and oxygen atoms in total. The Balaban J connectivity index is 2.11. The predicted molar refractivity (Wildman–Crippen MR) is 78.8 cm³/mol. The van der Waals surface area contributed by atoms with Crippen molar-refractivity contribution in [2.75, 3.05) is 13.6 Å². The zero-order valence-corrected chi connectivity index (χ0v) is 12.8. The molecule has 0 aromatic rings. The second-order valence-electron chi connectivity index (χ2n) is 6.74. The van der Waals surface area contributed by atoms with Gasteiger partial charge in [0.1, 0.15) is 0 Å². The van der Waals surface area contributed by atoms with Gasteiger partial charge in [-0.3, -0.25) is 4.90 Å². The van der Waals surface area contributed by atoms with E-state index in [1.165, 1.54) is 45.1 Å². The number of hydrogen-bond acceptors (Lipinski definition) is 2. The Kier molecular flexibility index (Phi) is 5.08. The second kappa shape index (κ2) is 6.38. The number of likely N-dealkylation sites (N-methyl/N-ethyl adjacent to an activating group) is 1. The van der Waals surface area contributed by atoms with Gasteiger partial charge in [-0.05, 0) is 57.5 Å². The Bertz CT molecular complexity index is 253. The number of likely N-dealkylation sites (tertiary alicyclic amines) is 1. The fourth-order valence-corrected chi connectivity index (χ4v) is 4.54. The lowest BCUT2D eigenvalue weighted by molar-refractivity contribution is 0.0118. The first-order valence-corrected chi connectivity index (χ1v) is 8.10. The van der Waals surface area contributed by atoms with Crippen molar-refractivity contribution < 1.29 is 0 Å². The lowest BCUT2D eigenvalue weighted by Crippen LogP contribution is -2.59. The van der Waals surface area contributed by atoms with Gasteiger partial charge in [0.15, 0.2) is 0 Å². The molecule has 1 saturated carbocycles. The first kappa shape index (κ1) is 14.3. The molecule has 1 aliphatic heterocycles. The zero-order valence-electron chi connectivity index (χ0n) is 12.8. The third kappa shape index (κ3) is 2.91. The van der Waals surface area contributed by atoms with E-state index in [1.54, 1.807) is 0 Å². The van der Waals surface area contributed by atoms with Gasteiger partial charge < -0.3 is 5.32 Å². The summed E-state index contributed by atoms with van der Waals surface area (Å²) < 4.78 is 0. The van der Waals surface area contributed by atoms with E-state index in [0.717, 1.165) is 23.9 Å². The molecule has 106 valence electrons. The summed E-state index contributed by atoms with van der Waals surface area (Å²) in [6.07, 6.45) is 8.37. The highest BCUT2D eigenvalue weighted by Crippen LogP contribution is 2.35. The van der Waals surface area contributed by atoms with Crippen LogP contribution in [0.1, 0.15) is 59.3 Å². The molecule has 5 unspecified atom stereocenters. The maximum Gasteiger partial charge on any atom is 0.0277 e. The van der Waals surface area contributed by atoms with Gasteiger partial charge in [-0.1, -0.05) is 27.2 Å². The van der Waals surface area contributed by atoms with Gasteiger partial charge in [-0.25, -0.2) is 0 Å². The quantitative estimate of drug-likeness (QED) is 0.829. The van der Waals surface area contributed by atoms with Crippen molar-refractivity contribution in [2.45, 2.75) is 77.4 Å². The molecule has 18 heavy (non-hydrogen) atoms. The smallest absolute Gasteiger partial charge is 0.0277 e. The first-order chi connectivity index (χ1) is 8.67. The summed E-state index contributed by atoms with van der Waals surface area (Å²) in [5.74, 6) is 1.73. The van der Waals surface area contributed by atoms with Gasteiger partial charge in [-0.2, -0.15) is 0 Å². The Morgan fingerprint density at radius 1 is 1.17 bits per heavy atom. The molecular formula is C16H32N2. The molecule has 5 atom stereocenters. The van der Waals surface area contributed by atoms with Crippen molar-refractivity contribution in [1.82, 2.24) is 10.2 Å². The van der Waals surface area contributed by atoms with Gasteiger partial charge in [0, 0.05) is 18.1 Å². The average Bonchev–Trinajstić information content (AvgIpc) is 2.38. The van der Waals surface area contributed by atoms with E-state index in [1.807, 2.05) is 0 Å². The molecule has 2 aliphatic rings. The lowest BCUT2D eigenvalue weighted by Gasteiger charge is -2.50. The number of nitrogens with zero attached hydrogens (tertiary/aromatic N) is 1. The molecule has 0 aromatic heterocycles. The molecule has 0 radical (unpaired) electrons. The minimum atomic E-state index is 0.705. The third-order valence-corrected chi connectivity index (χ3v) is 5.32. The number of rotatable bonds is 3. The Hall–Kier alpha value is -0.0800. The van der Waals surface area contributed by atoms with Gasteiger partial charge in [0.05, 0.1) is 0 Å². The van der Waals surface area contributed by atoms with E-state index >= 15 is 0 Å². The fraction of sp³-hybridized carbons (Fsp3) is 1.00. The molecule has 0 amide bonds. The highest BCUT2D eigenvalue weighted by molar-refractivity contribution is 4.96. The van der Waals surface area contributed by atoms with Gasteiger partial charge >= 0.3 is 0 Å². The molecule has 0 spiro atoms. The van der Waals surface area contributed by atoms with Crippen LogP contribution in [0.25, 0.3) is 0 Å². The van der Waals surface area contributed by atoms with Crippen molar-refractivity contribution >= 4 is 0 Å². The van der Waals surface area contributed by atoms with Crippen LogP contribution in [0, 0.1) is 11.8 Å². The summed E-state index contributed by atoms with van der Waals surface area (Å²) >= 11 is 0. The van der Waals surface area contributed by atoms with Crippen molar-refractivity contribution in [2.24, 2.45) is 11.8 Å². The Morgan fingerprint density at radius 3 is 2.61 bits per heavy atom. The number of hydrogen-bond donors (Lipinski definition) is 1. The van der Waals surface area contributed by atoms with E-state index in [4.69, 9.17) is 0 Å². The molecule has 0 bridgehead atoms. The van der Waals surface area contributed by atoms with Gasteiger partial charge in [-0.15, -0.1) is 0 Å². The molecule has 2 heteroatoms. The van der Waals surface area contributed by atoms with Crippen molar-refractivity contribution in [3.05, 3.63) is 0 Å². The minimum Gasteiger partial charge on any atom is -0.315 e. The van der Waals surface area contributed by atoms with Crippen LogP contribution in [0.15, 0.2) is 0 Å². The number of piperidine rings is 1. The predicted octanol–water partition coefficient (Wildman–Crippen LogP) is 3.27. The van der Waals surface area contributed by atoms with E-state index in [0.29, 0.717) is 6.04 Å². The van der Waals surface area contributed by atoms with Crippen LogP contribution < -0.4 is 5.32 Å². The highest BCUT2D eigenvalue weighted by Gasteiger charge is 2.39. The zero-order chi connectivity index (χ0) is 13.1. The van der Waals surface area contributed by atoms with Crippen LogP contribution in [0.3, 0.4) is 0 Å². The fourth-order valence-electron chi connectivity index (χ4n) is 4.54. The Morgan fingerprint density at radius 2 is 1.94 bits per heavy atom. The number of nitrogens with one attached hydrogen (secondary N) is 1. The van der Waals surface area contributed by atoms with Crippen molar-refractivity contribution in [3.8, 4) is 0 Å². The van der Waals surface area contributed by atoms with Crippen LogP contribution in [0.4, 0.5) is 0 Å². The molecule has 1 heterocycles. The normalized spacial score (nSPS) is 43.0. The summed E-state index contributed by atoms with van der Waals surface area (Å²) in [6, 6.07) is 2.32.